The average molecular weight is 602 g/mol. The molecule has 3 aromatic rings. The summed E-state index contributed by atoms with van der Waals surface area (Å²) in [5.41, 5.74) is -2.18. The molecule has 5 rings (SSSR count). The minimum Gasteiger partial charge on any atom is -0.476 e. The van der Waals surface area contributed by atoms with E-state index in [1.165, 1.54) is 29.1 Å². The molecule has 1 atom stereocenters. The molecule has 0 radical (unpaired) electrons. The molecular weight excluding hydrogens is 571 g/mol. The zero-order valence-corrected chi connectivity index (χ0v) is 23.8. The van der Waals surface area contributed by atoms with Crippen molar-refractivity contribution in [2.75, 3.05) is 18.1 Å². The van der Waals surface area contributed by atoms with Gasteiger partial charge < -0.3 is 9.64 Å². The van der Waals surface area contributed by atoms with E-state index in [1.807, 2.05) is 18.7 Å². The Kier molecular flexibility index (Phi) is 7.64. The van der Waals surface area contributed by atoms with E-state index in [9.17, 15) is 26.4 Å². The first-order chi connectivity index (χ1) is 18.2. The third-order valence-corrected chi connectivity index (χ3v) is 8.49. The van der Waals surface area contributed by atoms with Crippen LogP contribution in [0.5, 0.6) is 5.88 Å². The Morgan fingerprint density at radius 1 is 1.25 bits per heavy atom. The van der Waals surface area contributed by atoms with Crippen molar-refractivity contribution in [2.24, 2.45) is 11.3 Å². The van der Waals surface area contributed by atoms with Crippen molar-refractivity contribution in [2.45, 2.75) is 56.6 Å². The number of halogens is 3. The number of sulfonamides is 1. The number of alkyl halides is 3. The summed E-state index contributed by atoms with van der Waals surface area (Å²) < 4.78 is 73.8. The Bertz CT molecular complexity index is 1490. The zero-order valence-electron chi connectivity index (χ0n) is 22.0. The fraction of sp³-hybridized carbons (Fsp3) is 0.500. The average Bonchev–Trinajstić information content (AvgIpc) is 3.19. The smallest absolute Gasteiger partial charge is 0.397 e. The normalized spacial score (nSPS) is 19.6. The molecular formula is C24H30F3N7O4S2. The van der Waals surface area contributed by atoms with Crippen LogP contribution < -0.4 is 14.4 Å². The number of nitrogens with zero attached hydrogens (tertiary/aromatic N) is 5. The number of ether oxygens (including phenoxy) is 1. The number of amides is 1. The number of nitrogens with one attached hydrogen (secondary N) is 2. The standard InChI is InChI=1S/C24H28F3N7O4S.H2S/c1-15-10-22(2,3)33(13-15)20-17(21(35)32-39(36,37)16-11-28-29-12-16)4-5-18(30-20)34-9-6-19(31-34)38-14-23(7-8-23)24(25,26)27;/h4-6,9,11-12,15H,7-8,10,13-14H2,1-3H3,(H,28,29)(H,32,35);1H2/t15-;/m0./s1. The lowest BCUT2D eigenvalue weighted by molar-refractivity contribution is -0.194. The highest BCUT2D eigenvalue weighted by molar-refractivity contribution is 7.90. The summed E-state index contributed by atoms with van der Waals surface area (Å²) in [5, 5.41) is 10.2. The number of hydrogen-bond acceptors (Lipinski definition) is 8. The number of aromatic nitrogens is 5. The molecule has 1 saturated carbocycles. The van der Waals surface area contributed by atoms with Gasteiger partial charge in [0.05, 0.1) is 11.8 Å². The van der Waals surface area contributed by atoms with Crippen molar-refractivity contribution in [1.29, 1.82) is 0 Å². The van der Waals surface area contributed by atoms with E-state index in [1.54, 1.807) is 0 Å². The van der Waals surface area contributed by atoms with Gasteiger partial charge in [0, 0.05) is 30.5 Å². The largest absolute Gasteiger partial charge is 0.476 e. The molecule has 1 aliphatic heterocycles. The van der Waals surface area contributed by atoms with Crippen molar-refractivity contribution < 1.29 is 31.1 Å². The molecule has 2 fully saturated rings. The molecule has 2 aliphatic rings. The molecule has 16 heteroatoms. The SMILES string of the molecule is C[C@@H]1CN(c2nc(-n3ccc(OCC4(C(F)(F)F)CC4)n3)ccc2C(=O)NS(=O)(=O)c2cn[nH]c2)C(C)(C)C1.S. The van der Waals surface area contributed by atoms with Crippen molar-refractivity contribution >= 4 is 35.2 Å². The van der Waals surface area contributed by atoms with Crippen molar-refractivity contribution in [1.82, 2.24) is 29.7 Å². The van der Waals surface area contributed by atoms with E-state index in [-0.39, 0.29) is 60.2 Å². The van der Waals surface area contributed by atoms with E-state index in [2.05, 4.69) is 31.9 Å². The van der Waals surface area contributed by atoms with E-state index in [4.69, 9.17) is 4.74 Å². The minimum atomic E-state index is -4.34. The minimum absolute atomic E-state index is 0. The number of pyridine rings is 1. The van der Waals surface area contributed by atoms with Gasteiger partial charge in [0.1, 0.15) is 22.7 Å². The van der Waals surface area contributed by atoms with Gasteiger partial charge in [0.15, 0.2) is 5.82 Å². The lowest BCUT2D eigenvalue weighted by atomic mass is 9.97. The second-order valence-corrected chi connectivity index (χ2v) is 12.5. The molecule has 40 heavy (non-hydrogen) atoms. The van der Waals surface area contributed by atoms with Gasteiger partial charge in [-0.05, 0) is 51.2 Å². The highest BCUT2D eigenvalue weighted by Gasteiger charge is 2.64. The number of H-pyrrole nitrogens is 1. The summed E-state index contributed by atoms with van der Waals surface area (Å²) >= 11 is 0. The van der Waals surface area contributed by atoms with Gasteiger partial charge in [-0.15, -0.1) is 5.10 Å². The third kappa shape index (κ3) is 5.64. The fourth-order valence-corrected chi connectivity index (χ4v) is 5.79. The predicted molar refractivity (Wildman–Crippen MR) is 143 cm³/mol. The lowest BCUT2D eigenvalue weighted by Crippen LogP contribution is -2.41. The molecule has 218 valence electrons. The highest BCUT2D eigenvalue weighted by atomic mass is 32.2. The molecule has 0 bridgehead atoms. The maximum Gasteiger partial charge on any atom is 0.397 e. The zero-order chi connectivity index (χ0) is 28.2. The Morgan fingerprint density at radius 2 is 1.98 bits per heavy atom. The maximum atomic E-state index is 13.2. The van der Waals surface area contributed by atoms with Crippen LogP contribution in [-0.4, -0.2) is 64.2 Å². The van der Waals surface area contributed by atoms with E-state index in [0.29, 0.717) is 6.54 Å². The van der Waals surface area contributed by atoms with E-state index >= 15 is 0 Å². The predicted octanol–water partition coefficient (Wildman–Crippen LogP) is 3.57. The summed E-state index contributed by atoms with van der Waals surface area (Å²) in [4.78, 5) is 19.6. The highest BCUT2D eigenvalue weighted by Crippen LogP contribution is 2.57. The topological polar surface area (TPSA) is 135 Å². The second kappa shape index (κ2) is 10.3. The number of anilines is 1. The number of carbonyl (C=O) groups is 1. The van der Waals surface area contributed by atoms with Crippen LogP contribution in [-0.2, 0) is 10.0 Å². The lowest BCUT2D eigenvalue weighted by Gasteiger charge is -2.34. The molecule has 1 aliphatic carbocycles. The Balaban J connectivity index is 0.00000370. The second-order valence-electron chi connectivity index (χ2n) is 10.8. The van der Waals surface area contributed by atoms with Crippen molar-refractivity contribution in [3.63, 3.8) is 0 Å². The number of hydrogen-bond donors (Lipinski definition) is 2. The Labute approximate surface area is 236 Å². The molecule has 0 unspecified atom stereocenters. The van der Waals surface area contributed by atoms with Gasteiger partial charge in [0.2, 0.25) is 5.88 Å². The van der Waals surface area contributed by atoms with E-state index < -0.39 is 39.7 Å². The van der Waals surface area contributed by atoms with Crippen LogP contribution in [0.2, 0.25) is 0 Å². The van der Waals surface area contributed by atoms with Crippen LogP contribution >= 0.6 is 13.5 Å². The first-order valence-electron chi connectivity index (χ1n) is 12.3. The molecule has 11 nitrogen and oxygen atoms in total. The van der Waals surface area contributed by atoms with Gasteiger partial charge in [-0.3, -0.25) is 9.89 Å². The number of rotatable bonds is 8. The van der Waals surface area contributed by atoms with Crippen LogP contribution in [0.1, 0.15) is 50.4 Å². The molecule has 3 aromatic heterocycles. The van der Waals surface area contributed by atoms with Crippen LogP contribution in [0.3, 0.4) is 0 Å². The van der Waals surface area contributed by atoms with E-state index in [0.717, 1.165) is 18.8 Å². The van der Waals surface area contributed by atoms with Crippen LogP contribution in [0.4, 0.5) is 19.0 Å². The quantitative estimate of drug-likeness (QED) is 0.400. The van der Waals surface area contributed by atoms with Gasteiger partial charge in [-0.2, -0.15) is 31.8 Å². The molecule has 0 aromatic carbocycles. The summed E-state index contributed by atoms with van der Waals surface area (Å²) in [5.74, 6) is -0.0387. The molecule has 2 N–H and O–H groups in total. The van der Waals surface area contributed by atoms with Gasteiger partial charge in [-0.1, -0.05) is 6.92 Å². The summed E-state index contributed by atoms with van der Waals surface area (Å²) in [6.07, 6.45) is 0.245. The summed E-state index contributed by atoms with van der Waals surface area (Å²) in [6.45, 7) is 6.13. The van der Waals surface area contributed by atoms with Gasteiger partial charge in [0.25, 0.3) is 15.9 Å². The third-order valence-electron chi connectivity index (χ3n) is 7.19. The molecule has 1 saturated heterocycles. The maximum absolute atomic E-state index is 13.2. The first kappa shape index (κ1) is 29.7. The Morgan fingerprint density at radius 3 is 2.55 bits per heavy atom. The summed E-state index contributed by atoms with van der Waals surface area (Å²) in [6, 6.07) is 4.36. The fourth-order valence-electron chi connectivity index (χ4n) is 4.91. The summed E-state index contributed by atoms with van der Waals surface area (Å²) in [7, 11) is -4.18. The van der Waals surface area contributed by atoms with Crippen molar-refractivity contribution in [3.8, 4) is 11.7 Å². The monoisotopic (exact) mass is 601 g/mol. The number of aromatic amines is 1. The molecule has 1 amide bonds. The number of carbonyl (C=O) groups excluding carboxylic acids is 1. The van der Waals surface area contributed by atoms with Crippen LogP contribution in [0, 0.1) is 11.3 Å². The Hall–Kier alpha value is -3.27. The first-order valence-corrected chi connectivity index (χ1v) is 13.8. The van der Waals surface area contributed by atoms with Gasteiger partial charge >= 0.3 is 6.18 Å². The van der Waals surface area contributed by atoms with Crippen molar-refractivity contribution in [3.05, 3.63) is 42.4 Å². The van der Waals surface area contributed by atoms with Gasteiger partial charge in [-0.25, -0.2) is 22.8 Å². The molecule has 4 heterocycles. The van der Waals surface area contributed by atoms with Crippen LogP contribution in [0.25, 0.3) is 5.82 Å². The van der Waals surface area contributed by atoms with Crippen LogP contribution in [0.15, 0.2) is 41.7 Å². The molecule has 0 spiro atoms.